The van der Waals surface area contributed by atoms with E-state index in [1.54, 1.807) is 7.11 Å². The van der Waals surface area contributed by atoms with Crippen molar-refractivity contribution in [3.8, 4) is 5.75 Å². The number of nitrogens with zero attached hydrogens (tertiary/aromatic N) is 2. The Morgan fingerprint density at radius 1 is 1.19 bits per heavy atom. The van der Waals surface area contributed by atoms with Crippen LogP contribution in [0.2, 0.25) is 0 Å². The molecule has 0 unspecified atom stereocenters. The Labute approximate surface area is 184 Å². The SMILES string of the molecule is COCCN1CCO[C@@H]2CN(C(=O)COc3ccc(C)cc3)C[C@@H]2C1.O=C(O)C(F)(F)F. The molecule has 1 N–H and O–H groups in total. The van der Waals surface area contributed by atoms with E-state index in [2.05, 4.69) is 4.90 Å². The van der Waals surface area contributed by atoms with Crippen LogP contribution in [0.15, 0.2) is 24.3 Å². The second-order valence-corrected chi connectivity index (χ2v) is 7.67. The number of likely N-dealkylation sites (tertiary alicyclic amines) is 1. The quantitative estimate of drug-likeness (QED) is 0.690. The summed E-state index contributed by atoms with van der Waals surface area (Å²) < 4.78 is 48.5. The molecule has 2 fully saturated rings. The molecule has 2 atom stereocenters. The first-order valence-electron chi connectivity index (χ1n) is 10.2. The molecule has 180 valence electrons. The van der Waals surface area contributed by atoms with Gasteiger partial charge in [0.1, 0.15) is 5.75 Å². The van der Waals surface area contributed by atoms with Crippen LogP contribution in [0.4, 0.5) is 13.2 Å². The fraction of sp³-hybridized carbons (Fsp3) is 0.619. The van der Waals surface area contributed by atoms with Crippen molar-refractivity contribution in [2.24, 2.45) is 5.92 Å². The lowest BCUT2D eigenvalue weighted by molar-refractivity contribution is -0.192. The van der Waals surface area contributed by atoms with Crippen molar-refractivity contribution < 1.29 is 42.1 Å². The number of methoxy groups -OCH3 is 1. The maximum atomic E-state index is 12.5. The van der Waals surface area contributed by atoms with E-state index in [1.807, 2.05) is 36.1 Å². The Morgan fingerprint density at radius 3 is 2.44 bits per heavy atom. The van der Waals surface area contributed by atoms with E-state index in [1.165, 1.54) is 5.56 Å². The van der Waals surface area contributed by atoms with Crippen molar-refractivity contribution in [1.29, 1.82) is 0 Å². The number of rotatable bonds is 6. The molecule has 1 amide bonds. The molecular weight excluding hydrogens is 433 g/mol. The number of carboxylic acid groups (broad SMARTS) is 1. The number of hydrogen-bond acceptors (Lipinski definition) is 6. The average Bonchev–Trinajstić information content (AvgIpc) is 3.04. The molecule has 0 spiro atoms. The standard InChI is InChI=1S/C19H28N2O4.C2HF3O2/c1-15-3-5-17(6-4-15)25-14-19(22)21-12-16-11-20(7-9-23-2)8-10-24-18(16)13-21;3-2(4,5)1(6)7/h3-6,16,18H,7-14H2,1-2H3;(H,6,7)/t16-,18+;/m0./s1. The highest BCUT2D eigenvalue weighted by atomic mass is 19.4. The molecule has 2 heterocycles. The van der Waals surface area contributed by atoms with Crippen molar-refractivity contribution in [2.75, 3.05) is 59.7 Å². The summed E-state index contributed by atoms with van der Waals surface area (Å²) in [6, 6.07) is 7.76. The lowest BCUT2D eigenvalue weighted by atomic mass is 10.1. The van der Waals surface area contributed by atoms with Crippen LogP contribution in [0, 0.1) is 12.8 Å². The van der Waals surface area contributed by atoms with Gasteiger partial charge in [-0.15, -0.1) is 0 Å². The van der Waals surface area contributed by atoms with Gasteiger partial charge >= 0.3 is 12.1 Å². The molecule has 0 aromatic heterocycles. The zero-order valence-corrected chi connectivity index (χ0v) is 18.1. The lowest BCUT2D eigenvalue weighted by Gasteiger charge is -2.23. The summed E-state index contributed by atoms with van der Waals surface area (Å²) in [5.74, 6) is -1.63. The zero-order valence-electron chi connectivity index (χ0n) is 18.1. The highest BCUT2D eigenvalue weighted by molar-refractivity contribution is 5.78. The van der Waals surface area contributed by atoms with Crippen LogP contribution >= 0.6 is 0 Å². The van der Waals surface area contributed by atoms with Gasteiger partial charge in [-0.1, -0.05) is 17.7 Å². The van der Waals surface area contributed by atoms with E-state index < -0.39 is 12.1 Å². The highest BCUT2D eigenvalue weighted by Gasteiger charge is 2.39. The Balaban J connectivity index is 0.000000451. The van der Waals surface area contributed by atoms with E-state index in [4.69, 9.17) is 24.1 Å². The molecule has 32 heavy (non-hydrogen) atoms. The predicted octanol–water partition coefficient (Wildman–Crippen LogP) is 1.81. The number of aliphatic carboxylic acids is 1. The number of carbonyl (C=O) groups is 2. The topological polar surface area (TPSA) is 88.5 Å². The van der Waals surface area contributed by atoms with Gasteiger partial charge in [0.25, 0.3) is 5.91 Å². The fourth-order valence-corrected chi connectivity index (χ4v) is 3.46. The predicted molar refractivity (Wildman–Crippen MR) is 108 cm³/mol. The van der Waals surface area contributed by atoms with Crippen LogP contribution < -0.4 is 4.74 Å². The summed E-state index contributed by atoms with van der Waals surface area (Å²) >= 11 is 0. The van der Waals surface area contributed by atoms with E-state index in [9.17, 15) is 18.0 Å². The molecule has 0 saturated carbocycles. The molecule has 2 aliphatic heterocycles. The van der Waals surface area contributed by atoms with E-state index in [-0.39, 0.29) is 18.6 Å². The number of aryl methyl sites for hydroxylation is 1. The van der Waals surface area contributed by atoms with Gasteiger partial charge in [0.2, 0.25) is 0 Å². The van der Waals surface area contributed by atoms with Gasteiger partial charge in [0.05, 0.1) is 19.3 Å². The van der Waals surface area contributed by atoms with Crippen LogP contribution in [-0.4, -0.2) is 98.7 Å². The summed E-state index contributed by atoms with van der Waals surface area (Å²) in [6.45, 7) is 7.75. The second kappa shape index (κ2) is 12.0. The molecule has 3 rings (SSSR count). The molecule has 0 aliphatic carbocycles. The monoisotopic (exact) mass is 462 g/mol. The molecule has 11 heteroatoms. The number of amides is 1. The summed E-state index contributed by atoms with van der Waals surface area (Å²) in [4.78, 5) is 25.6. The Kier molecular flexibility index (Phi) is 9.73. The summed E-state index contributed by atoms with van der Waals surface area (Å²) in [5, 5.41) is 7.12. The van der Waals surface area contributed by atoms with Gasteiger partial charge in [-0.25, -0.2) is 4.79 Å². The summed E-state index contributed by atoms with van der Waals surface area (Å²) in [6.07, 6.45) is -4.95. The van der Waals surface area contributed by atoms with Crippen molar-refractivity contribution in [2.45, 2.75) is 19.2 Å². The van der Waals surface area contributed by atoms with Crippen LogP contribution in [-0.2, 0) is 19.1 Å². The van der Waals surface area contributed by atoms with Gasteiger partial charge < -0.3 is 24.2 Å². The number of carbonyl (C=O) groups excluding carboxylic acids is 1. The molecule has 8 nitrogen and oxygen atoms in total. The third-order valence-electron chi connectivity index (χ3n) is 5.20. The Hall–Kier alpha value is -2.37. The average molecular weight is 462 g/mol. The maximum absolute atomic E-state index is 12.5. The first kappa shape index (κ1) is 25.9. The third kappa shape index (κ3) is 8.29. The maximum Gasteiger partial charge on any atom is 0.490 e. The first-order valence-corrected chi connectivity index (χ1v) is 10.2. The normalized spacial score (nSPS) is 21.2. The van der Waals surface area contributed by atoms with E-state index >= 15 is 0 Å². The smallest absolute Gasteiger partial charge is 0.484 e. The van der Waals surface area contributed by atoms with Crippen LogP contribution in [0.5, 0.6) is 5.75 Å². The number of alkyl halides is 3. The summed E-state index contributed by atoms with van der Waals surface area (Å²) in [5.41, 5.74) is 1.17. The largest absolute Gasteiger partial charge is 0.490 e. The molecule has 1 aromatic carbocycles. The van der Waals surface area contributed by atoms with Gasteiger partial charge in [0, 0.05) is 45.8 Å². The van der Waals surface area contributed by atoms with Gasteiger partial charge in [-0.05, 0) is 19.1 Å². The van der Waals surface area contributed by atoms with Crippen LogP contribution in [0.25, 0.3) is 0 Å². The molecule has 1 aromatic rings. The number of halogens is 3. The molecular formula is C21H29F3N2O6. The van der Waals surface area contributed by atoms with Crippen LogP contribution in [0.1, 0.15) is 5.56 Å². The van der Waals surface area contributed by atoms with Crippen molar-refractivity contribution in [3.05, 3.63) is 29.8 Å². The minimum Gasteiger partial charge on any atom is -0.484 e. The number of ether oxygens (including phenoxy) is 3. The number of hydrogen-bond donors (Lipinski definition) is 1. The minimum atomic E-state index is -5.08. The lowest BCUT2D eigenvalue weighted by Crippen LogP contribution is -2.37. The Bertz CT molecular complexity index is 742. The van der Waals surface area contributed by atoms with Gasteiger partial charge in [0.15, 0.2) is 6.61 Å². The fourth-order valence-electron chi connectivity index (χ4n) is 3.46. The van der Waals surface area contributed by atoms with E-state index in [0.29, 0.717) is 19.1 Å². The first-order chi connectivity index (χ1) is 15.1. The zero-order chi connectivity index (χ0) is 23.7. The Morgan fingerprint density at radius 2 is 1.84 bits per heavy atom. The minimum absolute atomic E-state index is 0.0284. The number of benzene rings is 1. The van der Waals surface area contributed by atoms with Crippen molar-refractivity contribution in [1.82, 2.24) is 9.80 Å². The third-order valence-corrected chi connectivity index (χ3v) is 5.20. The molecule has 0 bridgehead atoms. The second-order valence-electron chi connectivity index (χ2n) is 7.67. The van der Waals surface area contributed by atoms with Crippen molar-refractivity contribution in [3.63, 3.8) is 0 Å². The van der Waals surface area contributed by atoms with Gasteiger partial charge in [-0.2, -0.15) is 13.2 Å². The number of fused-ring (bicyclic) bond motifs is 1. The van der Waals surface area contributed by atoms with Crippen LogP contribution in [0.3, 0.4) is 0 Å². The van der Waals surface area contributed by atoms with Crippen molar-refractivity contribution >= 4 is 11.9 Å². The highest BCUT2D eigenvalue weighted by Crippen LogP contribution is 2.24. The molecule has 2 aliphatic rings. The molecule has 0 radical (unpaired) electrons. The number of carboxylic acids is 1. The van der Waals surface area contributed by atoms with E-state index in [0.717, 1.165) is 38.5 Å². The molecule has 2 saturated heterocycles. The summed E-state index contributed by atoms with van der Waals surface area (Å²) in [7, 11) is 1.72. The van der Waals surface area contributed by atoms with Gasteiger partial charge in [-0.3, -0.25) is 9.69 Å².